The van der Waals surface area contributed by atoms with Crippen molar-refractivity contribution in [3.05, 3.63) is 40.0 Å². The van der Waals surface area contributed by atoms with Crippen molar-refractivity contribution in [2.45, 2.75) is 33.2 Å². The molecule has 140 valence electrons. The molecule has 0 bridgehead atoms. The average molecular weight is 376 g/mol. The molecule has 1 fully saturated rings. The summed E-state index contributed by atoms with van der Waals surface area (Å²) in [7, 11) is 0. The third kappa shape index (κ3) is 4.02. The second-order valence-electron chi connectivity index (χ2n) is 6.58. The molecule has 0 radical (unpaired) electrons. The summed E-state index contributed by atoms with van der Waals surface area (Å²) >= 11 is 6.66. The van der Waals surface area contributed by atoms with Crippen molar-refractivity contribution in [3.63, 3.8) is 0 Å². The number of halogens is 1. The van der Waals surface area contributed by atoms with Crippen LogP contribution in [0.4, 0.5) is 17.5 Å². The van der Waals surface area contributed by atoms with Gasteiger partial charge in [-0.3, -0.25) is 0 Å². The Morgan fingerprint density at radius 3 is 2.85 bits per heavy atom. The highest BCUT2D eigenvalue weighted by Gasteiger charge is 2.27. The van der Waals surface area contributed by atoms with E-state index in [1.165, 1.54) is 0 Å². The molecule has 2 heterocycles. The van der Waals surface area contributed by atoms with Gasteiger partial charge in [-0.2, -0.15) is 4.98 Å². The zero-order valence-electron chi connectivity index (χ0n) is 15.6. The number of nitrogens with one attached hydrogen (secondary N) is 1. The molecule has 7 heteroatoms. The van der Waals surface area contributed by atoms with Crippen LogP contribution in [0.15, 0.2) is 18.2 Å². The van der Waals surface area contributed by atoms with Gasteiger partial charge < -0.3 is 20.7 Å². The van der Waals surface area contributed by atoms with Gasteiger partial charge in [0, 0.05) is 42.2 Å². The topological polar surface area (TPSA) is 76.3 Å². The molecule has 0 saturated carbocycles. The summed E-state index contributed by atoms with van der Waals surface area (Å²) in [6.45, 7) is 9.05. The fraction of sp³-hybridized carbons (Fsp3) is 0.474. The predicted molar refractivity (Wildman–Crippen MR) is 107 cm³/mol. The molecule has 1 atom stereocenters. The largest absolute Gasteiger partial charge is 0.385 e. The second-order valence-corrected chi connectivity index (χ2v) is 6.99. The van der Waals surface area contributed by atoms with E-state index in [1.807, 2.05) is 19.1 Å². The molecular weight excluding hydrogens is 350 g/mol. The number of hydrogen-bond donors (Lipinski definition) is 2. The molecule has 0 aliphatic carbocycles. The monoisotopic (exact) mass is 375 g/mol. The average Bonchev–Trinajstić information content (AvgIpc) is 2.83. The fourth-order valence-electron chi connectivity index (χ4n) is 3.37. The number of nitrogens with two attached hydrogens (primary N) is 1. The van der Waals surface area contributed by atoms with Crippen LogP contribution in [-0.2, 0) is 4.74 Å². The number of hydrogen-bond acceptors (Lipinski definition) is 6. The third-order valence-electron chi connectivity index (χ3n) is 4.56. The van der Waals surface area contributed by atoms with Crippen LogP contribution in [0.25, 0.3) is 0 Å². The van der Waals surface area contributed by atoms with Gasteiger partial charge in [0.05, 0.1) is 12.6 Å². The van der Waals surface area contributed by atoms with Gasteiger partial charge in [-0.1, -0.05) is 17.7 Å². The number of benzene rings is 1. The molecule has 1 aromatic heterocycles. The number of aromatic nitrogens is 2. The molecule has 2 aromatic rings. The highest BCUT2D eigenvalue weighted by molar-refractivity contribution is 6.31. The Balaban J connectivity index is 2.03. The van der Waals surface area contributed by atoms with Crippen LogP contribution >= 0.6 is 11.6 Å². The lowest BCUT2D eigenvalue weighted by Gasteiger charge is -2.32. The molecule has 0 amide bonds. The van der Waals surface area contributed by atoms with E-state index in [1.54, 1.807) is 0 Å². The minimum atomic E-state index is -0.0203. The molecule has 0 unspecified atom stereocenters. The SMILES string of the molecule is CCNc1cc(Cl)c([C@H]2COCCCN2c2cc(C)nc(N)n2)cc1C. The van der Waals surface area contributed by atoms with E-state index >= 15 is 0 Å². The van der Waals surface area contributed by atoms with Crippen molar-refractivity contribution >= 4 is 29.1 Å². The zero-order valence-corrected chi connectivity index (χ0v) is 16.3. The summed E-state index contributed by atoms with van der Waals surface area (Å²) in [5, 5.41) is 4.08. The van der Waals surface area contributed by atoms with E-state index in [4.69, 9.17) is 22.1 Å². The first-order valence-corrected chi connectivity index (χ1v) is 9.37. The Kier molecular flexibility index (Phi) is 5.84. The zero-order chi connectivity index (χ0) is 18.7. The second kappa shape index (κ2) is 8.10. The van der Waals surface area contributed by atoms with Gasteiger partial charge in [0.2, 0.25) is 5.95 Å². The first-order chi connectivity index (χ1) is 12.5. The summed E-state index contributed by atoms with van der Waals surface area (Å²) in [6, 6.07) is 6.08. The number of rotatable bonds is 4. The number of nitrogen functional groups attached to an aromatic ring is 1. The molecule has 26 heavy (non-hydrogen) atoms. The highest BCUT2D eigenvalue weighted by atomic mass is 35.5. The van der Waals surface area contributed by atoms with Crippen LogP contribution in [0, 0.1) is 13.8 Å². The number of nitrogens with zero attached hydrogens (tertiary/aromatic N) is 3. The maximum Gasteiger partial charge on any atom is 0.222 e. The lowest BCUT2D eigenvalue weighted by molar-refractivity contribution is 0.134. The quantitative estimate of drug-likeness (QED) is 0.847. The van der Waals surface area contributed by atoms with E-state index in [2.05, 4.69) is 40.1 Å². The van der Waals surface area contributed by atoms with E-state index in [-0.39, 0.29) is 12.0 Å². The molecule has 1 aliphatic rings. The molecule has 3 rings (SSSR count). The first kappa shape index (κ1) is 18.7. The predicted octanol–water partition coefficient (Wildman–Crippen LogP) is 3.73. The van der Waals surface area contributed by atoms with E-state index in [9.17, 15) is 0 Å². The van der Waals surface area contributed by atoms with Crippen molar-refractivity contribution in [3.8, 4) is 0 Å². The minimum absolute atomic E-state index is 0.0203. The van der Waals surface area contributed by atoms with Crippen LogP contribution in [0.1, 0.15) is 36.2 Å². The maximum atomic E-state index is 6.66. The molecule has 1 aliphatic heterocycles. The molecule has 1 saturated heterocycles. The van der Waals surface area contributed by atoms with Gasteiger partial charge in [0.15, 0.2) is 0 Å². The molecule has 6 nitrogen and oxygen atoms in total. The van der Waals surface area contributed by atoms with Crippen LogP contribution < -0.4 is 16.0 Å². The van der Waals surface area contributed by atoms with Crippen LogP contribution in [0.2, 0.25) is 5.02 Å². The number of ether oxygens (including phenoxy) is 1. The van der Waals surface area contributed by atoms with Crippen molar-refractivity contribution in [1.29, 1.82) is 0 Å². The molecule has 1 aromatic carbocycles. The van der Waals surface area contributed by atoms with Crippen molar-refractivity contribution in [2.75, 3.05) is 42.3 Å². The van der Waals surface area contributed by atoms with Crippen molar-refractivity contribution in [2.24, 2.45) is 0 Å². The Labute approximate surface area is 159 Å². The van der Waals surface area contributed by atoms with Gasteiger partial charge in [-0.15, -0.1) is 0 Å². The Morgan fingerprint density at radius 2 is 2.12 bits per heavy atom. The van der Waals surface area contributed by atoms with Gasteiger partial charge in [-0.25, -0.2) is 4.98 Å². The van der Waals surface area contributed by atoms with Crippen molar-refractivity contribution < 1.29 is 4.74 Å². The standard InChI is InChI=1S/C19H26ClN5O/c1-4-22-16-10-15(20)14(8-12(16)2)17-11-26-7-5-6-25(17)18-9-13(3)23-19(21)24-18/h8-10,17,22H,4-7,11H2,1-3H3,(H2,21,23,24)/t17-/m1/s1. The molecular formula is C19H26ClN5O. The lowest BCUT2D eigenvalue weighted by atomic mass is 10.0. The number of anilines is 3. The van der Waals surface area contributed by atoms with Gasteiger partial charge in [0.1, 0.15) is 5.82 Å². The van der Waals surface area contributed by atoms with Gasteiger partial charge in [-0.05, 0) is 44.4 Å². The Bertz CT molecular complexity index is 763. The van der Waals surface area contributed by atoms with Crippen molar-refractivity contribution in [1.82, 2.24) is 9.97 Å². The smallest absolute Gasteiger partial charge is 0.222 e. The van der Waals surface area contributed by atoms with E-state index in [0.717, 1.165) is 59.5 Å². The first-order valence-electron chi connectivity index (χ1n) is 8.99. The van der Waals surface area contributed by atoms with Gasteiger partial charge >= 0.3 is 0 Å². The lowest BCUT2D eigenvalue weighted by Crippen LogP contribution is -2.32. The Hall–Kier alpha value is -2.05. The summed E-state index contributed by atoms with van der Waals surface area (Å²) in [5.74, 6) is 1.10. The van der Waals surface area contributed by atoms with Crippen LogP contribution in [-0.4, -0.2) is 36.3 Å². The Morgan fingerprint density at radius 1 is 1.31 bits per heavy atom. The van der Waals surface area contributed by atoms with E-state index < -0.39 is 0 Å². The highest BCUT2D eigenvalue weighted by Crippen LogP contribution is 2.35. The molecule has 3 N–H and O–H groups in total. The summed E-state index contributed by atoms with van der Waals surface area (Å²) in [4.78, 5) is 10.9. The third-order valence-corrected chi connectivity index (χ3v) is 4.89. The fourth-order valence-corrected chi connectivity index (χ4v) is 3.66. The summed E-state index contributed by atoms with van der Waals surface area (Å²) in [6.07, 6.45) is 0.922. The minimum Gasteiger partial charge on any atom is -0.385 e. The maximum absolute atomic E-state index is 6.66. The van der Waals surface area contributed by atoms with E-state index in [0.29, 0.717) is 6.61 Å². The van der Waals surface area contributed by atoms with Crippen LogP contribution in [0.5, 0.6) is 0 Å². The summed E-state index contributed by atoms with van der Waals surface area (Å²) in [5.41, 5.74) is 10.00. The number of aryl methyl sites for hydroxylation is 2. The summed E-state index contributed by atoms with van der Waals surface area (Å²) < 4.78 is 5.86. The van der Waals surface area contributed by atoms with Gasteiger partial charge in [0.25, 0.3) is 0 Å². The normalized spacial score (nSPS) is 17.8. The molecule has 0 spiro atoms. The van der Waals surface area contributed by atoms with Crippen LogP contribution in [0.3, 0.4) is 0 Å².